The van der Waals surface area contributed by atoms with E-state index in [1.807, 2.05) is 32.0 Å². The molecule has 0 saturated heterocycles. The van der Waals surface area contributed by atoms with Gasteiger partial charge in [-0.3, -0.25) is 25.7 Å². The van der Waals surface area contributed by atoms with Crippen molar-refractivity contribution in [1.82, 2.24) is 15.8 Å². The van der Waals surface area contributed by atoms with Gasteiger partial charge < -0.3 is 29.7 Å². The Bertz CT molecular complexity index is 977. The first kappa shape index (κ1) is 30.7. The molecule has 1 radical (unpaired) electrons. The molecular formula is C24H33CuN7OS2. The molecular weight excluding hydrogens is 530 g/mol. The van der Waals surface area contributed by atoms with Crippen LogP contribution in [0.25, 0.3) is 0 Å². The van der Waals surface area contributed by atoms with E-state index in [4.69, 9.17) is 29.7 Å². The van der Waals surface area contributed by atoms with E-state index in [9.17, 15) is 0 Å². The van der Waals surface area contributed by atoms with Gasteiger partial charge in [0.05, 0.1) is 12.8 Å². The third-order valence-corrected chi connectivity index (χ3v) is 5.03. The minimum atomic E-state index is 0. The molecule has 0 saturated carbocycles. The second kappa shape index (κ2) is 18.0. The SMILES string of the molecule is CCCCN(Cc1ccccc1)Cc1ccc(C(/C=N/NC([S-])=NCC)=N\NC([S-])=NCC)o1.[Cu+2]. The van der Waals surface area contributed by atoms with Gasteiger partial charge in [0.2, 0.25) is 0 Å². The molecule has 0 aliphatic heterocycles. The maximum absolute atomic E-state index is 6.13. The first-order chi connectivity index (χ1) is 16.5. The minimum Gasteiger partial charge on any atom is -0.741 e. The monoisotopic (exact) mass is 562 g/mol. The normalized spacial score (nSPS) is 12.7. The van der Waals surface area contributed by atoms with Crippen molar-refractivity contribution in [2.24, 2.45) is 20.2 Å². The number of hydrogen-bond donors (Lipinski definition) is 2. The molecule has 0 aliphatic carbocycles. The van der Waals surface area contributed by atoms with Crippen LogP contribution in [-0.4, -0.2) is 46.8 Å². The Morgan fingerprint density at radius 2 is 1.63 bits per heavy atom. The van der Waals surface area contributed by atoms with Gasteiger partial charge in [-0.05, 0) is 54.8 Å². The maximum atomic E-state index is 6.13. The van der Waals surface area contributed by atoms with Gasteiger partial charge in [0.1, 0.15) is 11.5 Å². The zero-order valence-corrected chi connectivity index (χ0v) is 22.9. The minimum absolute atomic E-state index is 0. The first-order valence-corrected chi connectivity index (χ1v) is 12.3. The molecule has 0 aliphatic rings. The van der Waals surface area contributed by atoms with Crippen LogP contribution in [0, 0.1) is 0 Å². The van der Waals surface area contributed by atoms with E-state index in [-0.39, 0.29) is 17.1 Å². The second-order valence-corrected chi connectivity index (χ2v) is 8.13. The average Bonchev–Trinajstić information content (AvgIpc) is 3.29. The summed E-state index contributed by atoms with van der Waals surface area (Å²) < 4.78 is 6.13. The van der Waals surface area contributed by atoms with E-state index >= 15 is 0 Å². The van der Waals surface area contributed by atoms with Crippen molar-refractivity contribution >= 4 is 47.5 Å². The van der Waals surface area contributed by atoms with Crippen LogP contribution < -0.4 is 10.9 Å². The number of benzene rings is 1. The Kier molecular flexibility index (Phi) is 15.8. The Labute approximate surface area is 230 Å². The molecule has 0 spiro atoms. The van der Waals surface area contributed by atoms with Gasteiger partial charge in [-0.1, -0.05) is 43.7 Å². The van der Waals surface area contributed by atoms with Crippen LogP contribution in [0.4, 0.5) is 0 Å². The van der Waals surface area contributed by atoms with Crippen LogP contribution in [0.5, 0.6) is 0 Å². The van der Waals surface area contributed by atoms with E-state index < -0.39 is 0 Å². The van der Waals surface area contributed by atoms with Crippen molar-refractivity contribution in [1.29, 1.82) is 0 Å². The Morgan fingerprint density at radius 3 is 2.29 bits per heavy atom. The van der Waals surface area contributed by atoms with Gasteiger partial charge in [0.15, 0.2) is 5.76 Å². The number of unbranched alkanes of at least 4 members (excludes halogenated alkanes) is 1. The number of hydrogen-bond acceptors (Lipinski definition) is 8. The van der Waals surface area contributed by atoms with Crippen molar-refractivity contribution in [3.63, 3.8) is 0 Å². The van der Waals surface area contributed by atoms with Crippen LogP contribution in [0.1, 0.15) is 50.7 Å². The topological polar surface area (TPSA) is 89.9 Å². The fraction of sp³-hybridized carbons (Fsp3) is 0.417. The van der Waals surface area contributed by atoms with Crippen LogP contribution in [-0.2, 0) is 55.4 Å². The Hall–Kier alpha value is -2.30. The van der Waals surface area contributed by atoms with Gasteiger partial charge in [-0.15, -0.1) is 0 Å². The summed E-state index contributed by atoms with van der Waals surface area (Å²) in [6, 6.07) is 14.3. The number of furan rings is 1. The molecule has 2 aromatic rings. The number of hydrazone groups is 2. The van der Waals surface area contributed by atoms with Crippen LogP contribution in [0.15, 0.2) is 67.1 Å². The van der Waals surface area contributed by atoms with Crippen molar-refractivity contribution < 1.29 is 21.5 Å². The molecule has 0 fully saturated rings. The number of nitrogens with one attached hydrogen (secondary N) is 2. The third kappa shape index (κ3) is 12.3. The Morgan fingerprint density at radius 1 is 0.943 bits per heavy atom. The summed E-state index contributed by atoms with van der Waals surface area (Å²) in [5.74, 6) is 1.40. The molecule has 35 heavy (non-hydrogen) atoms. The van der Waals surface area contributed by atoms with Crippen molar-refractivity contribution in [3.05, 3.63) is 59.5 Å². The van der Waals surface area contributed by atoms with E-state index in [0.717, 1.165) is 31.7 Å². The molecule has 0 amide bonds. The smallest absolute Gasteiger partial charge is 0.741 e. The van der Waals surface area contributed by atoms with Crippen LogP contribution >= 0.6 is 0 Å². The third-order valence-electron chi connectivity index (χ3n) is 4.59. The first-order valence-electron chi connectivity index (χ1n) is 11.5. The largest absolute Gasteiger partial charge is 2.00 e. The van der Waals surface area contributed by atoms with Gasteiger partial charge >= 0.3 is 17.1 Å². The summed E-state index contributed by atoms with van der Waals surface area (Å²) in [6.07, 6.45) is 3.77. The molecule has 0 unspecified atom stereocenters. The van der Waals surface area contributed by atoms with Gasteiger partial charge in [-0.25, -0.2) is 0 Å². The number of nitrogens with zero attached hydrogens (tertiary/aromatic N) is 5. The summed E-state index contributed by atoms with van der Waals surface area (Å²) >= 11 is 10.2. The second-order valence-electron chi connectivity index (χ2n) is 7.35. The van der Waals surface area contributed by atoms with Crippen molar-refractivity contribution in [3.8, 4) is 0 Å². The molecule has 1 heterocycles. The van der Waals surface area contributed by atoms with E-state index in [0.29, 0.717) is 41.4 Å². The predicted octanol–water partition coefficient (Wildman–Crippen LogP) is 3.79. The zero-order valence-electron chi connectivity index (χ0n) is 20.3. The van der Waals surface area contributed by atoms with Crippen LogP contribution in [0.2, 0.25) is 0 Å². The zero-order chi connectivity index (χ0) is 24.6. The maximum Gasteiger partial charge on any atom is 2.00 e. The number of rotatable bonds is 13. The molecule has 1 aromatic carbocycles. The van der Waals surface area contributed by atoms with Crippen molar-refractivity contribution in [2.45, 2.75) is 46.7 Å². The Balaban J connectivity index is 0.00000612. The quantitative estimate of drug-likeness (QED) is 0.127. The molecule has 8 nitrogen and oxygen atoms in total. The summed E-state index contributed by atoms with van der Waals surface area (Å²) in [6.45, 7) is 9.68. The van der Waals surface area contributed by atoms with Crippen molar-refractivity contribution in [2.75, 3.05) is 19.6 Å². The van der Waals surface area contributed by atoms with E-state index in [2.05, 4.69) is 67.1 Å². The van der Waals surface area contributed by atoms with Gasteiger partial charge in [-0.2, -0.15) is 10.2 Å². The van der Waals surface area contributed by atoms with Gasteiger partial charge in [0.25, 0.3) is 0 Å². The molecule has 1 aromatic heterocycles. The number of amidine groups is 2. The summed E-state index contributed by atoms with van der Waals surface area (Å²) in [5.41, 5.74) is 7.20. The fourth-order valence-corrected chi connectivity index (χ4v) is 3.38. The molecule has 0 atom stereocenters. The molecule has 0 bridgehead atoms. The standard InChI is InChI=1S/C24H35N7OS2.Cu/c1-4-7-15-31(17-19-11-9-8-10-12-19)18-20-13-14-22(32-20)21(28-30-24(34)26-6-3)16-27-29-23(33)25-5-2;/h8-14,16H,4-7,15,17-18H2,1-3H3,(H2,25,29,33)(H2,26,30,34);/q;+2/p-2/b27-16+,28-21-;. The fourth-order valence-electron chi connectivity index (χ4n) is 3.02. The van der Waals surface area contributed by atoms with E-state index in [1.165, 1.54) is 11.8 Å². The molecule has 2 rings (SSSR count). The van der Waals surface area contributed by atoms with Crippen LogP contribution in [0.3, 0.4) is 0 Å². The average molecular weight is 563 g/mol. The van der Waals surface area contributed by atoms with E-state index in [1.54, 1.807) is 0 Å². The molecule has 2 N–H and O–H groups in total. The number of aliphatic imine (C=N–C) groups is 2. The summed E-state index contributed by atoms with van der Waals surface area (Å²) in [5, 5.41) is 9.05. The summed E-state index contributed by atoms with van der Waals surface area (Å²) in [4.78, 5) is 10.6. The molecule has 193 valence electrons. The van der Waals surface area contributed by atoms with Gasteiger partial charge in [0, 0.05) is 19.6 Å². The summed E-state index contributed by atoms with van der Waals surface area (Å²) in [7, 11) is 0. The predicted molar refractivity (Wildman–Crippen MR) is 146 cm³/mol. The molecule has 11 heteroatoms.